The van der Waals surface area contributed by atoms with Crippen molar-refractivity contribution in [3.05, 3.63) is 59.8 Å². The van der Waals surface area contributed by atoms with Gasteiger partial charge in [-0.15, -0.1) is 5.10 Å². The van der Waals surface area contributed by atoms with Gasteiger partial charge >= 0.3 is 0 Å². The number of aromatic nitrogens is 3. The lowest BCUT2D eigenvalue weighted by molar-refractivity contribution is 0.0575. The van der Waals surface area contributed by atoms with Gasteiger partial charge in [0.15, 0.2) is 0 Å². The second-order valence-electron chi connectivity index (χ2n) is 9.12. The number of methoxy groups -OCH3 is 2. The van der Waals surface area contributed by atoms with Gasteiger partial charge in [0.2, 0.25) is 5.95 Å². The van der Waals surface area contributed by atoms with Crippen molar-refractivity contribution in [1.29, 1.82) is 0 Å². The largest absolute Gasteiger partial charge is 0.496 e. The quantitative estimate of drug-likeness (QED) is 0.296. The molecule has 1 saturated heterocycles. The van der Waals surface area contributed by atoms with Crippen molar-refractivity contribution in [3.63, 3.8) is 0 Å². The average molecular weight is 539 g/mol. The van der Waals surface area contributed by atoms with Crippen molar-refractivity contribution in [2.24, 2.45) is 0 Å². The first-order valence-electron chi connectivity index (χ1n) is 12.4. The molecule has 1 fully saturated rings. The van der Waals surface area contributed by atoms with Gasteiger partial charge < -0.3 is 29.9 Å². The minimum absolute atomic E-state index is 0.219. The summed E-state index contributed by atoms with van der Waals surface area (Å²) in [5.74, 6) is 1.79. The molecule has 0 unspecified atom stereocenters. The Morgan fingerprint density at radius 2 is 1.79 bits per heavy atom. The number of nitrogens with zero attached hydrogens (tertiary/aromatic N) is 5. The first kappa shape index (κ1) is 26.1. The normalized spacial score (nSPS) is 15.0. The third kappa shape index (κ3) is 5.48. The number of ether oxygens (including phenoxy) is 2. The van der Waals surface area contributed by atoms with Gasteiger partial charge in [-0.1, -0.05) is 11.6 Å². The van der Waals surface area contributed by atoms with Gasteiger partial charge in [0.1, 0.15) is 11.5 Å². The number of fused-ring (bicyclic) bond motifs is 1. The van der Waals surface area contributed by atoms with Crippen LogP contribution in [0.15, 0.2) is 54.7 Å². The van der Waals surface area contributed by atoms with E-state index in [1.807, 2.05) is 42.5 Å². The van der Waals surface area contributed by atoms with Gasteiger partial charge in [0, 0.05) is 55.1 Å². The SMILES string of the molecule is COc1cc(N2CCN(C[C@@H](O)CO)CC2)ccc1Nc1ncc2ccc(-c3cc(Cl)ccc3OC)n2n1. The van der Waals surface area contributed by atoms with Crippen LogP contribution in [0.1, 0.15) is 0 Å². The summed E-state index contributed by atoms with van der Waals surface area (Å²) in [5.41, 5.74) is 4.29. The Balaban J connectivity index is 1.36. The molecular weight excluding hydrogens is 508 g/mol. The van der Waals surface area contributed by atoms with E-state index in [1.54, 1.807) is 31.0 Å². The zero-order valence-electron chi connectivity index (χ0n) is 21.3. The molecule has 1 aliphatic heterocycles. The molecule has 0 radical (unpaired) electrons. The molecule has 2 aromatic carbocycles. The fourth-order valence-corrected chi connectivity index (χ4v) is 4.86. The van der Waals surface area contributed by atoms with Crippen LogP contribution in [-0.4, -0.2) is 89.4 Å². The van der Waals surface area contributed by atoms with E-state index >= 15 is 0 Å². The highest BCUT2D eigenvalue weighted by molar-refractivity contribution is 6.31. The smallest absolute Gasteiger partial charge is 0.245 e. The number of nitrogens with one attached hydrogen (secondary N) is 1. The van der Waals surface area contributed by atoms with E-state index in [2.05, 4.69) is 20.1 Å². The van der Waals surface area contributed by atoms with E-state index in [0.717, 1.165) is 54.3 Å². The van der Waals surface area contributed by atoms with Crippen molar-refractivity contribution in [3.8, 4) is 22.8 Å². The Kier molecular flexibility index (Phi) is 7.85. The number of benzene rings is 2. The molecule has 38 heavy (non-hydrogen) atoms. The molecule has 4 aromatic rings. The van der Waals surface area contributed by atoms with Crippen LogP contribution in [0.25, 0.3) is 16.8 Å². The highest BCUT2D eigenvalue weighted by Gasteiger charge is 2.20. The Bertz CT molecular complexity index is 1410. The van der Waals surface area contributed by atoms with Gasteiger partial charge in [0.25, 0.3) is 0 Å². The predicted molar refractivity (Wildman–Crippen MR) is 148 cm³/mol. The lowest BCUT2D eigenvalue weighted by Gasteiger charge is -2.36. The number of aliphatic hydroxyl groups is 2. The predicted octanol–water partition coefficient (Wildman–Crippen LogP) is 3.29. The van der Waals surface area contributed by atoms with Crippen LogP contribution in [0.4, 0.5) is 17.3 Å². The summed E-state index contributed by atoms with van der Waals surface area (Å²) in [4.78, 5) is 8.92. The monoisotopic (exact) mass is 538 g/mol. The first-order chi connectivity index (χ1) is 18.5. The molecule has 0 bridgehead atoms. The number of hydrogen-bond acceptors (Lipinski definition) is 9. The average Bonchev–Trinajstić information content (AvgIpc) is 3.36. The Morgan fingerprint density at radius 3 is 2.53 bits per heavy atom. The number of hydrogen-bond donors (Lipinski definition) is 3. The van der Waals surface area contributed by atoms with E-state index in [0.29, 0.717) is 29.0 Å². The summed E-state index contributed by atoms with van der Waals surface area (Å²) in [6, 6.07) is 15.4. The number of aliphatic hydroxyl groups excluding tert-OH is 2. The molecule has 3 N–H and O–H groups in total. The van der Waals surface area contributed by atoms with Gasteiger partial charge in [-0.05, 0) is 42.5 Å². The van der Waals surface area contributed by atoms with E-state index < -0.39 is 6.10 Å². The van der Waals surface area contributed by atoms with Crippen LogP contribution in [0, 0.1) is 0 Å². The molecular formula is C27H31ClN6O4. The van der Waals surface area contributed by atoms with Crippen molar-refractivity contribution in [2.45, 2.75) is 6.10 Å². The number of rotatable bonds is 9. The van der Waals surface area contributed by atoms with Crippen molar-refractivity contribution >= 4 is 34.4 Å². The van der Waals surface area contributed by atoms with E-state index in [9.17, 15) is 5.11 Å². The number of halogens is 1. The maximum atomic E-state index is 9.72. The minimum atomic E-state index is -0.705. The number of β-amino-alcohol motifs (C(OH)–C–C–N with tert-alkyl or cyclic N) is 1. The standard InChI is InChI=1S/C27H31ClN6O4/c1-37-25-8-3-18(28)13-22(25)24-7-5-20-15-29-27(31-34(20)24)30-23-6-4-19(14-26(23)38-2)33-11-9-32(10-12-33)16-21(36)17-35/h3-8,13-15,21,35-36H,9-12,16-17H2,1-2H3,(H,30,31)/t21-/m1/s1. The third-order valence-electron chi connectivity index (χ3n) is 6.68. The highest BCUT2D eigenvalue weighted by atomic mass is 35.5. The lowest BCUT2D eigenvalue weighted by Crippen LogP contribution is -2.49. The fraction of sp³-hybridized carbons (Fsp3) is 0.333. The van der Waals surface area contributed by atoms with E-state index in [-0.39, 0.29) is 6.61 Å². The number of piperazine rings is 1. The molecule has 1 aliphatic rings. The molecule has 200 valence electrons. The van der Waals surface area contributed by atoms with E-state index in [4.69, 9.17) is 31.3 Å². The van der Waals surface area contributed by atoms with Crippen LogP contribution in [0.2, 0.25) is 5.02 Å². The molecule has 3 heterocycles. The summed E-state index contributed by atoms with van der Waals surface area (Å²) in [6.07, 6.45) is 1.05. The van der Waals surface area contributed by atoms with Crippen LogP contribution in [0.5, 0.6) is 11.5 Å². The molecule has 10 nitrogen and oxygen atoms in total. The zero-order valence-corrected chi connectivity index (χ0v) is 22.1. The molecule has 5 rings (SSSR count). The first-order valence-corrected chi connectivity index (χ1v) is 12.8. The van der Waals surface area contributed by atoms with Gasteiger partial charge in [0.05, 0.1) is 50.0 Å². The maximum absolute atomic E-state index is 9.72. The highest BCUT2D eigenvalue weighted by Crippen LogP contribution is 2.34. The van der Waals surface area contributed by atoms with Gasteiger partial charge in [-0.3, -0.25) is 4.90 Å². The number of anilines is 3. The molecule has 0 aliphatic carbocycles. The second kappa shape index (κ2) is 11.4. The summed E-state index contributed by atoms with van der Waals surface area (Å²) in [6.45, 7) is 3.51. The lowest BCUT2D eigenvalue weighted by atomic mass is 10.1. The third-order valence-corrected chi connectivity index (χ3v) is 6.92. The van der Waals surface area contributed by atoms with Gasteiger partial charge in [-0.25, -0.2) is 9.50 Å². The van der Waals surface area contributed by atoms with E-state index in [1.165, 1.54) is 0 Å². The Hall–Kier alpha value is -3.57. The van der Waals surface area contributed by atoms with Crippen molar-refractivity contribution in [2.75, 3.05) is 63.8 Å². The maximum Gasteiger partial charge on any atom is 0.245 e. The summed E-state index contributed by atoms with van der Waals surface area (Å²) in [7, 11) is 3.26. The van der Waals surface area contributed by atoms with Crippen LogP contribution in [-0.2, 0) is 0 Å². The van der Waals surface area contributed by atoms with Gasteiger partial charge in [-0.2, -0.15) is 0 Å². The molecule has 11 heteroatoms. The fourth-order valence-electron chi connectivity index (χ4n) is 4.69. The molecule has 0 amide bonds. The topological polar surface area (TPSA) is 108 Å². The summed E-state index contributed by atoms with van der Waals surface area (Å²) >= 11 is 6.27. The second-order valence-corrected chi connectivity index (χ2v) is 9.55. The van der Waals surface area contributed by atoms with Crippen molar-refractivity contribution < 1.29 is 19.7 Å². The molecule has 0 spiro atoms. The van der Waals surface area contributed by atoms with Crippen LogP contribution >= 0.6 is 11.6 Å². The molecule has 0 saturated carbocycles. The van der Waals surface area contributed by atoms with Crippen LogP contribution < -0.4 is 19.7 Å². The minimum Gasteiger partial charge on any atom is -0.496 e. The summed E-state index contributed by atoms with van der Waals surface area (Å²) < 4.78 is 13.0. The Morgan fingerprint density at radius 1 is 1.00 bits per heavy atom. The Labute approximate surface area is 226 Å². The summed E-state index contributed by atoms with van der Waals surface area (Å²) in [5, 5.41) is 27.4. The zero-order chi connectivity index (χ0) is 26.6. The van der Waals surface area contributed by atoms with Crippen molar-refractivity contribution in [1.82, 2.24) is 19.5 Å². The molecule has 1 atom stereocenters. The van der Waals surface area contributed by atoms with Crippen LogP contribution in [0.3, 0.4) is 0 Å². The molecule has 2 aromatic heterocycles.